The maximum Gasteiger partial charge on any atom is 0.310 e. The van der Waals surface area contributed by atoms with Gasteiger partial charge < -0.3 is 14.6 Å². The van der Waals surface area contributed by atoms with Crippen molar-refractivity contribution in [1.82, 2.24) is 9.29 Å². The van der Waals surface area contributed by atoms with E-state index < -0.39 is 40.2 Å². The predicted octanol–water partition coefficient (Wildman–Crippen LogP) is 3.37. The quantitative estimate of drug-likeness (QED) is 0.550. The Morgan fingerprint density at radius 1 is 1.15 bits per heavy atom. The lowest BCUT2D eigenvalue weighted by molar-refractivity contribution is -0.144. The Hall–Kier alpha value is -3.01. The Morgan fingerprint density at radius 2 is 1.85 bits per heavy atom. The Balaban J connectivity index is 1.33. The maximum absolute atomic E-state index is 13.3. The second-order valence-electron chi connectivity index (χ2n) is 8.87. The topological polar surface area (TPSA) is 106 Å². The normalized spacial score (nSPS) is 24.1. The number of para-hydroxylation sites is 1. The van der Waals surface area contributed by atoms with Crippen molar-refractivity contribution in [3.8, 4) is 5.75 Å². The van der Waals surface area contributed by atoms with Gasteiger partial charge in [0.05, 0.1) is 28.7 Å². The molecule has 3 heterocycles. The molecule has 5 rings (SSSR count). The third-order valence-electron chi connectivity index (χ3n) is 6.76. The molecular weight excluding hydrogens is 456 g/mol. The summed E-state index contributed by atoms with van der Waals surface area (Å²) in [6.45, 7) is 2.25. The fraction of sp³-hybridized carbons (Fsp3) is 0.360. The number of aromatic nitrogens is 1. The van der Waals surface area contributed by atoms with E-state index in [1.807, 2.05) is 37.3 Å². The first-order valence-corrected chi connectivity index (χ1v) is 12.6. The van der Waals surface area contributed by atoms with Gasteiger partial charge in [-0.15, -0.1) is 0 Å². The number of aliphatic carboxylic acids is 1. The number of nitrogens with zero attached hydrogens (tertiary/aromatic N) is 2. The van der Waals surface area contributed by atoms with Gasteiger partial charge in [-0.2, -0.15) is 4.31 Å². The number of benzene rings is 2. The highest BCUT2D eigenvalue weighted by molar-refractivity contribution is 7.89. The first-order valence-electron chi connectivity index (χ1n) is 11.2. The van der Waals surface area contributed by atoms with E-state index in [1.54, 1.807) is 12.1 Å². The van der Waals surface area contributed by atoms with Crippen LogP contribution in [0.5, 0.6) is 5.75 Å². The SMILES string of the molecule is Cc1cc(COc2ccc(S(=O)(=O)N(C)C3C4CCC(O4)C3C(=O)O)cc2)c2ccccc2n1. The number of ether oxygens (including phenoxy) is 2. The van der Waals surface area contributed by atoms with Crippen LogP contribution >= 0.6 is 0 Å². The number of fused-ring (bicyclic) bond motifs is 3. The van der Waals surface area contributed by atoms with Gasteiger partial charge >= 0.3 is 5.97 Å². The second-order valence-corrected chi connectivity index (χ2v) is 10.9. The highest BCUT2D eigenvalue weighted by Crippen LogP contribution is 2.43. The third-order valence-corrected chi connectivity index (χ3v) is 8.63. The summed E-state index contributed by atoms with van der Waals surface area (Å²) in [5.74, 6) is -1.35. The summed E-state index contributed by atoms with van der Waals surface area (Å²) in [6, 6.07) is 15.3. The molecule has 3 aromatic rings. The molecule has 4 unspecified atom stereocenters. The second kappa shape index (κ2) is 8.65. The van der Waals surface area contributed by atoms with Crippen LogP contribution in [0.2, 0.25) is 0 Å². The van der Waals surface area contributed by atoms with Crippen molar-refractivity contribution in [2.75, 3.05) is 7.05 Å². The molecule has 1 aromatic heterocycles. The van der Waals surface area contributed by atoms with Crippen LogP contribution in [-0.2, 0) is 26.2 Å². The molecule has 0 radical (unpaired) electrons. The number of hydrogen-bond acceptors (Lipinski definition) is 6. The Kier molecular flexibility index (Phi) is 5.79. The molecule has 0 spiro atoms. The van der Waals surface area contributed by atoms with E-state index in [9.17, 15) is 18.3 Å². The van der Waals surface area contributed by atoms with Crippen LogP contribution in [0.25, 0.3) is 10.9 Å². The molecule has 0 aliphatic carbocycles. The zero-order valence-electron chi connectivity index (χ0n) is 18.9. The maximum atomic E-state index is 13.3. The first-order chi connectivity index (χ1) is 16.3. The van der Waals surface area contributed by atoms with Crippen LogP contribution < -0.4 is 4.74 Å². The monoisotopic (exact) mass is 482 g/mol. The summed E-state index contributed by atoms with van der Waals surface area (Å²) < 4.78 is 39.4. The van der Waals surface area contributed by atoms with E-state index in [0.29, 0.717) is 25.2 Å². The molecule has 0 saturated carbocycles. The van der Waals surface area contributed by atoms with Gasteiger partial charge in [-0.3, -0.25) is 9.78 Å². The number of pyridine rings is 1. The number of sulfonamides is 1. The number of carboxylic acid groups (broad SMARTS) is 1. The summed E-state index contributed by atoms with van der Waals surface area (Å²) in [4.78, 5) is 16.4. The average molecular weight is 483 g/mol. The van der Waals surface area contributed by atoms with E-state index in [-0.39, 0.29) is 4.90 Å². The van der Waals surface area contributed by atoms with E-state index in [2.05, 4.69) is 4.98 Å². The highest BCUT2D eigenvalue weighted by Gasteiger charge is 2.56. The molecule has 2 aromatic carbocycles. The van der Waals surface area contributed by atoms with Gasteiger partial charge in [0.25, 0.3) is 0 Å². The van der Waals surface area contributed by atoms with E-state index in [0.717, 1.165) is 26.5 Å². The van der Waals surface area contributed by atoms with Crippen LogP contribution in [0.3, 0.4) is 0 Å². The summed E-state index contributed by atoms with van der Waals surface area (Å²) in [6.07, 6.45) is 0.472. The Bertz CT molecular complexity index is 1340. The number of carbonyl (C=O) groups is 1. The smallest absolute Gasteiger partial charge is 0.310 e. The molecule has 4 atom stereocenters. The van der Waals surface area contributed by atoms with Crippen molar-refractivity contribution in [2.24, 2.45) is 5.92 Å². The van der Waals surface area contributed by atoms with E-state index >= 15 is 0 Å². The largest absolute Gasteiger partial charge is 0.489 e. The minimum atomic E-state index is -3.90. The van der Waals surface area contributed by atoms with Crippen LogP contribution in [0.15, 0.2) is 59.5 Å². The molecule has 178 valence electrons. The van der Waals surface area contributed by atoms with Crippen molar-refractivity contribution in [3.63, 3.8) is 0 Å². The van der Waals surface area contributed by atoms with Gasteiger partial charge in [0.1, 0.15) is 18.3 Å². The Morgan fingerprint density at radius 3 is 2.59 bits per heavy atom. The molecule has 2 bridgehead atoms. The molecule has 2 saturated heterocycles. The minimum Gasteiger partial charge on any atom is -0.489 e. The molecule has 2 aliphatic heterocycles. The summed E-state index contributed by atoms with van der Waals surface area (Å²) >= 11 is 0. The number of rotatable bonds is 7. The van der Waals surface area contributed by atoms with Crippen molar-refractivity contribution in [1.29, 1.82) is 0 Å². The van der Waals surface area contributed by atoms with Gasteiger partial charge in [-0.25, -0.2) is 8.42 Å². The van der Waals surface area contributed by atoms with Gasteiger partial charge in [-0.05, 0) is 56.2 Å². The number of carboxylic acids is 1. The van der Waals surface area contributed by atoms with Gasteiger partial charge in [0, 0.05) is 23.7 Å². The first kappa shape index (κ1) is 22.8. The summed E-state index contributed by atoms with van der Waals surface area (Å²) in [5, 5.41) is 10.7. The summed E-state index contributed by atoms with van der Waals surface area (Å²) in [7, 11) is -2.47. The van der Waals surface area contributed by atoms with Crippen molar-refractivity contribution in [3.05, 3.63) is 65.9 Å². The number of aryl methyl sites for hydroxylation is 1. The predicted molar refractivity (Wildman–Crippen MR) is 125 cm³/mol. The zero-order valence-corrected chi connectivity index (χ0v) is 19.7. The van der Waals surface area contributed by atoms with E-state index in [1.165, 1.54) is 19.2 Å². The zero-order chi connectivity index (χ0) is 24.0. The van der Waals surface area contributed by atoms with Crippen LogP contribution in [0.4, 0.5) is 0 Å². The molecule has 2 aliphatic rings. The molecule has 1 N–H and O–H groups in total. The van der Waals surface area contributed by atoms with Crippen molar-refractivity contribution >= 4 is 26.9 Å². The number of hydrogen-bond donors (Lipinski definition) is 1. The fourth-order valence-electron chi connectivity index (χ4n) is 5.13. The number of likely N-dealkylation sites (N-methyl/N-ethyl adjacent to an activating group) is 1. The van der Waals surface area contributed by atoms with Crippen LogP contribution in [0, 0.1) is 12.8 Å². The molecule has 34 heavy (non-hydrogen) atoms. The average Bonchev–Trinajstić information content (AvgIpc) is 3.44. The van der Waals surface area contributed by atoms with Crippen LogP contribution in [0.1, 0.15) is 24.1 Å². The van der Waals surface area contributed by atoms with Crippen LogP contribution in [-0.4, -0.2) is 54.1 Å². The molecule has 8 nitrogen and oxygen atoms in total. The standard InChI is InChI=1S/C25H26N2O6S/c1-15-13-16(19-5-3-4-6-20(19)26-15)14-32-17-7-9-18(10-8-17)34(30,31)27(2)24-22-12-11-21(33-22)23(24)25(28)29/h3-10,13,21-24H,11-12,14H2,1-2H3,(H,28,29). The minimum absolute atomic E-state index is 0.0828. The third kappa shape index (κ3) is 3.93. The lowest BCUT2D eigenvalue weighted by atomic mass is 9.85. The lowest BCUT2D eigenvalue weighted by Gasteiger charge is -2.32. The molecule has 2 fully saturated rings. The van der Waals surface area contributed by atoms with Gasteiger partial charge in [0.2, 0.25) is 10.0 Å². The molecule has 0 amide bonds. The lowest BCUT2D eigenvalue weighted by Crippen LogP contribution is -2.50. The van der Waals surface area contributed by atoms with Gasteiger partial charge in [0.15, 0.2) is 0 Å². The molecular formula is C25H26N2O6S. The van der Waals surface area contributed by atoms with Crippen molar-refractivity contribution in [2.45, 2.75) is 49.5 Å². The Labute approximate surface area is 198 Å². The molecule has 9 heteroatoms. The van der Waals surface area contributed by atoms with Gasteiger partial charge in [-0.1, -0.05) is 18.2 Å². The summed E-state index contributed by atoms with van der Waals surface area (Å²) in [5.41, 5.74) is 2.79. The van der Waals surface area contributed by atoms with E-state index in [4.69, 9.17) is 9.47 Å². The highest BCUT2D eigenvalue weighted by atomic mass is 32.2. The fourth-order valence-corrected chi connectivity index (χ4v) is 6.53. The van der Waals surface area contributed by atoms with Crippen molar-refractivity contribution < 1.29 is 27.8 Å².